The fraction of sp³-hybridized carbons (Fsp3) is 0.929. The highest BCUT2D eigenvalue weighted by Crippen LogP contribution is 2.37. The number of hydrogen-bond acceptors (Lipinski definition) is 2. The van der Waals surface area contributed by atoms with Crippen molar-refractivity contribution in [2.45, 2.75) is 70.3 Å². The van der Waals surface area contributed by atoms with Gasteiger partial charge in [-0.05, 0) is 25.2 Å². The zero-order valence-electron chi connectivity index (χ0n) is 10.4. The van der Waals surface area contributed by atoms with Crippen LogP contribution in [0.1, 0.15) is 64.7 Å². The summed E-state index contributed by atoms with van der Waals surface area (Å²) in [7, 11) is 0. The number of carbonyl (C=O) groups excluding carboxylic acids is 1. The second-order valence-corrected chi connectivity index (χ2v) is 5.82. The van der Waals surface area contributed by atoms with Crippen molar-refractivity contribution in [1.82, 2.24) is 0 Å². The van der Waals surface area contributed by atoms with Gasteiger partial charge in [-0.3, -0.25) is 4.79 Å². The van der Waals surface area contributed by atoms with Crippen LogP contribution in [0.4, 0.5) is 0 Å². The summed E-state index contributed by atoms with van der Waals surface area (Å²) in [6.45, 7) is 2.17. The van der Waals surface area contributed by atoms with Crippen LogP contribution in [0.2, 0.25) is 0 Å². The van der Waals surface area contributed by atoms with Crippen LogP contribution in [0.3, 0.4) is 0 Å². The van der Waals surface area contributed by atoms with Crippen molar-refractivity contribution < 1.29 is 9.90 Å². The van der Waals surface area contributed by atoms with Crippen molar-refractivity contribution in [2.24, 2.45) is 11.8 Å². The highest BCUT2D eigenvalue weighted by Gasteiger charge is 2.42. The standard InChI is InChI=1S/C14H24O2/c1-11-7-3-4-8-12(11)13(15)14(16)9-5-2-6-10-14/h11-12,16H,2-10H2,1H3. The SMILES string of the molecule is CC1CCCCC1C(=O)C1(O)CCCCC1. The highest BCUT2D eigenvalue weighted by molar-refractivity contribution is 5.89. The first-order valence-corrected chi connectivity index (χ1v) is 6.90. The molecule has 2 saturated carbocycles. The third-order valence-corrected chi connectivity index (χ3v) is 4.59. The van der Waals surface area contributed by atoms with E-state index in [2.05, 4.69) is 6.92 Å². The molecule has 2 aliphatic carbocycles. The maximum atomic E-state index is 12.4. The molecule has 0 aromatic rings. The molecule has 2 aliphatic rings. The predicted octanol–water partition coefficient (Wildman–Crippen LogP) is 3.08. The van der Waals surface area contributed by atoms with Crippen LogP contribution in [0.15, 0.2) is 0 Å². The Balaban J connectivity index is 2.04. The Kier molecular flexibility index (Phi) is 3.68. The summed E-state index contributed by atoms with van der Waals surface area (Å²) in [6, 6.07) is 0. The number of aliphatic hydroxyl groups is 1. The monoisotopic (exact) mass is 224 g/mol. The molecule has 0 spiro atoms. The molecular formula is C14H24O2. The summed E-state index contributed by atoms with van der Waals surface area (Å²) in [5.41, 5.74) is -0.964. The molecule has 0 saturated heterocycles. The summed E-state index contributed by atoms with van der Waals surface area (Å²) in [5.74, 6) is 0.781. The Morgan fingerprint density at radius 3 is 2.31 bits per heavy atom. The molecule has 0 radical (unpaired) electrons. The summed E-state index contributed by atoms with van der Waals surface area (Å²) >= 11 is 0. The number of ketones is 1. The molecule has 2 fully saturated rings. The fourth-order valence-electron chi connectivity index (χ4n) is 3.43. The summed E-state index contributed by atoms with van der Waals surface area (Å²) in [5, 5.41) is 10.5. The van der Waals surface area contributed by atoms with Gasteiger partial charge in [-0.25, -0.2) is 0 Å². The van der Waals surface area contributed by atoms with Gasteiger partial charge in [0.15, 0.2) is 5.78 Å². The molecule has 0 amide bonds. The van der Waals surface area contributed by atoms with Crippen LogP contribution in [0, 0.1) is 11.8 Å². The molecule has 0 heterocycles. The van der Waals surface area contributed by atoms with Crippen LogP contribution < -0.4 is 0 Å². The van der Waals surface area contributed by atoms with E-state index in [1.165, 1.54) is 12.8 Å². The van der Waals surface area contributed by atoms with E-state index < -0.39 is 5.60 Å². The first-order valence-electron chi connectivity index (χ1n) is 6.90. The van der Waals surface area contributed by atoms with Crippen LogP contribution in [0.25, 0.3) is 0 Å². The summed E-state index contributed by atoms with van der Waals surface area (Å²) < 4.78 is 0. The van der Waals surface area contributed by atoms with Gasteiger partial charge >= 0.3 is 0 Å². The molecule has 2 rings (SSSR count). The first kappa shape index (κ1) is 12.1. The third-order valence-electron chi connectivity index (χ3n) is 4.59. The van der Waals surface area contributed by atoms with Crippen molar-refractivity contribution in [3.8, 4) is 0 Å². The first-order chi connectivity index (χ1) is 7.63. The lowest BCUT2D eigenvalue weighted by atomic mass is 9.70. The van der Waals surface area contributed by atoms with E-state index in [1.54, 1.807) is 0 Å². The topological polar surface area (TPSA) is 37.3 Å². The van der Waals surface area contributed by atoms with Gasteiger partial charge in [-0.15, -0.1) is 0 Å². The average Bonchev–Trinajstić information content (AvgIpc) is 2.30. The van der Waals surface area contributed by atoms with Crippen LogP contribution in [0.5, 0.6) is 0 Å². The van der Waals surface area contributed by atoms with Crippen molar-refractivity contribution in [2.75, 3.05) is 0 Å². The number of carbonyl (C=O) groups is 1. The minimum absolute atomic E-state index is 0.136. The molecule has 0 bridgehead atoms. The Labute approximate surface area is 98.4 Å². The van der Waals surface area contributed by atoms with Gasteiger partial charge in [0.25, 0.3) is 0 Å². The smallest absolute Gasteiger partial charge is 0.167 e. The maximum absolute atomic E-state index is 12.4. The maximum Gasteiger partial charge on any atom is 0.167 e. The van der Waals surface area contributed by atoms with Gasteiger partial charge in [0.05, 0.1) is 0 Å². The van der Waals surface area contributed by atoms with E-state index in [1.807, 2.05) is 0 Å². The summed E-state index contributed by atoms with van der Waals surface area (Å²) in [6.07, 6.45) is 9.20. The molecule has 1 N–H and O–H groups in total. The van der Waals surface area contributed by atoms with E-state index in [4.69, 9.17) is 0 Å². The normalized spacial score (nSPS) is 34.6. The molecule has 0 aliphatic heterocycles. The van der Waals surface area contributed by atoms with Crippen LogP contribution in [-0.4, -0.2) is 16.5 Å². The quantitative estimate of drug-likeness (QED) is 0.782. The van der Waals surface area contributed by atoms with Crippen molar-refractivity contribution in [1.29, 1.82) is 0 Å². The molecule has 16 heavy (non-hydrogen) atoms. The Bertz CT molecular complexity index is 253. The highest BCUT2D eigenvalue weighted by atomic mass is 16.3. The average molecular weight is 224 g/mol. The van der Waals surface area contributed by atoms with Crippen LogP contribution >= 0.6 is 0 Å². The van der Waals surface area contributed by atoms with Crippen molar-refractivity contribution in [3.63, 3.8) is 0 Å². The van der Waals surface area contributed by atoms with Gasteiger partial charge < -0.3 is 5.11 Å². The minimum atomic E-state index is -0.964. The zero-order chi connectivity index (χ0) is 11.6. The lowest BCUT2D eigenvalue weighted by molar-refractivity contribution is -0.147. The lowest BCUT2D eigenvalue weighted by Crippen LogP contribution is -2.46. The number of rotatable bonds is 2. The Morgan fingerprint density at radius 1 is 1.06 bits per heavy atom. The van der Waals surface area contributed by atoms with Crippen LogP contribution in [-0.2, 0) is 4.79 Å². The van der Waals surface area contributed by atoms with E-state index in [0.29, 0.717) is 18.8 Å². The third kappa shape index (κ3) is 2.32. The molecule has 2 unspecified atom stereocenters. The fourth-order valence-corrected chi connectivity index (χ4v) is 3.43. The van der Waals surface area contributed by atoms with E-state index >= 15 is 0 Å². The molecule has 0 aromatic carbocycles. The van der Waals surface area contributed by atoms with Crippen molar-refractivity contribution >= 4 is 5.78 Å². The van der Waals surface area contributed by atoms with Gasteiger partial charge in [-0.2, -0.15) is 0 Å². The van der Waals surface area contributed by atoms with E-state index in [-0.39, 0.29) is 11.7 Å². The molecular weight excluding hydrogens is 200 g/mol. The Hall–Kier alpha value is -0.370. The lowest BCUT2D eigenvalue weighted by Gasteiger charge is -2.37. The van der Waals surface area contributed by atoms with Gasteiger partial charge in [0.2, 0.25) is 0 Å². The van der Waals surface area contributed by atoms with E-state index in [0.717, 1.165) is 32.1 Å². The number of Topliss-reactive ketones (excluding diaryl/α,β-unsaturated/α-hetero) is 1. The molecule has 2 atom stereocenters. The van der Waals surface area contributed by atoms with Crippen molar-refractivity contribution in [3.05, 3.63) is 0 Å². The zero-order valence-corrected chi connectivity index (χ0v) is 10.4. The van der Waals surface area contributed by atoms with E-state index in [9.17, 15) is 9.90 Å². The minimum Gasteiger partial charge on any atom is -0.382 e. The Morgan fingerprint density at radius 2 is 1.69 bits per heavy atom. The number of hydrogen-bond donors (Lipinski definition) is 1. The molecule has 2 nitrogen and oxygen atoms in total. The molecule has 0 aromatic heterocycles. The second kappa shape index (κ2) is 4.87. The van der Waals surface area contributed by atoms with Gasteiger partial charge in [0.1, 0.15) is 5.60 Å². The molecule has 2 heteroatoms. The summed E-state index contributed by atoms with van der Waals surface area (Å²) in [4.78, 5) is 12.4. The predicted molar refractivity (Wildman–Crippen MR) is 64.2 cm³/mol. The molecule has 92 valence electrons. The largest absolute Gasteiger partial charge is 0.382 e. The van der Waals surface area contributed by atoms with Gasteiger partial charge in [-0.1, -0.05) is 45.4 Å². The van der Waals surface area contributed by atoms with Gasteiger partial charge in [0, 0.05) is 5.92 Å². The second-order valence-electron chi connectivity index (χ2n) is 5.82.